The molecule has 1 aromatic rings. The van der Waals surface area contributed by atoms with Crippen LogP contribution in [0.1, 0.15) is 38.1 Å². The molecule has 1 aliphatic rings. The molecule has 144 valence electrons. The molecule has 1 aliphatic heterocycles. The molecule has 0 saturated carbocycles. The number of amides is 1. The van der Waals surface area contributed by atoms with Gasteiger partial charge < -0.3 is 15.2 Å². The van der Waals surface area contributed by atoms with Crippen LogP contribution in [-0.2, 0) is 19.6 Å². The summed E-state index contributed by atoms with van der Waals surface area (Å²) in [6.45, 7) is 6.90. The second-order valence-electron chi connectivity index (χ2n) is 6.99. The first kappa shape index (κ1) is 20.3. The second-order valence-corrected chi connectivity index (χ2v) is 8.93. The Bertz CT molecular complexity index is 778. The summed E-state index contributed by atoms with van der Waals surface area (Å²) in [6, 6.07) is 5.44. The Kier molecular flexibility index (Phi) is 5.74. The van der Waals surface area contributed by atoms with Crippen molar-refractivity contribution in [2.45, 2.75) is 50.3 Å². The molecule has 9 heteroatoms. The lowest BCUT2D eigenvalue weighted by molar-refractivity contribution is -0.143. The van der Waals surface area contributed by atoms with Gasteiger partial charge in [-0.15, -0.1) is 0 Å². The number of carbonyl (C=O) groups excluding carboxylic acids is 1. The summed E-state index contributed by atoms with van der Waals surface area (Å²) in [5.41, 5.74) is -1.25. The summed E-state index contributed by atoms with van der Waals surface area (Å²) in [5.74, 6) is -1.75. The molecule has 0 radical (unpaired) electrons. The largest absolute Gasteiger partial charge is 0.480 e. The molecule has 26 heavy (non-hydrogen) atoms. The lowest BCUT2D eigenvalue weighted by Crippen LogP contribution is -2.49. The van der Waals surface area contributed by atoms with Crippen LogP contribution in [0.3, 0.4) is 0 Å². The van der Waals surface area contributed by atoms with Gasteiger partial charge in [0.05, 0.1) is 17.1 Å². The van der Waals surface area contributed by atoms with Crippen LogP contribution < -0.4 is 5.32 Å². The molecule has 0 aromatic heterocycles. The number of nitrogens with zero attached hydrogens (tertiary/aromatic N) is 1. The first-order chi connectivity index (χ1) is 11.9. The lowest BCUT2D eigenvalue weighted by atomic mass is 10.1. The van der Waals surface area contributed by atoms with Crippen molar-refractivity contribution in [2.24, 2.45) is 0 Å². The van der Waals surface area contributed by atoms with E-state index < -0.39 is 27.4 Å². The average molecular weight is 384 g/mol. The highest BCUT2D eigenvalue weighted by Gasteiger charge is 2.33. The van der Waals surface area contributed by atoms with E-state index in [0.717, 1.165) is 0 Å². The maximum absolute atomic E-state index is 12.8. The van der Waals surface area contributed by atoms with Gasteiger partial charge in [-0.05, 0) is 52.0 Å². The number of carboxylic acids is 1. The molecule has 1 amide bonds. The third-order valence-corrected chi connectivity index (χ3v) is 5.95. The summed E-state index contributed by atoms with van der Waals surface area (Å²) >= 11 is 0. The van der Waals surface area contributed by atoms with E-state index in [9.17, 15) is 18.0 Å². The van der Waals surface area contributed by atoms with Gasteiger partial charge in [0.15, 0.2) is 0 Å². The van der Waals surface area contributed by atoms with Crippen molar-refractivity contribution in [3.63, 3.8) is 0 Å². The summed E-state index contributed by atoms with van der Waals surface area (Å²) in [7, 11) is -3.69. The van der Waals surface area contributed by atoms with Crippen LogP contribution >= 0.6 is 0 Å². The van der Waals surface area contributed by atoms with Crippen LogP contribution in [0.4, 0.5) is 0 Å². The summed E-state index contributed by atoms with van der Waals surface area (Å²) < 4.78 is 32.5. The number of carboxylic acid groups (broad SMARTS) is 1. The van der Waals surface area contributed by atoms with Crippen molar-refractivity contribution < 1.29 is 27.9 Å². The van der Waals surface area contributed by atoms with Crippen molar-refractivity contribution in [1.29, 1.82) is 0 Å². The van der Waals surface area contributed by atoms with Gasteiger partial charge in [-0.25, -0.2) is 13.2 Å². The van der Waals surface area contributed by atoms with Gasteiger partial charge in [0.2, 0.25) is 10.0 Å². The minimum absolute atomic E-state index is 0.0767. The number of sulfonamides is 1. The third-order valence-electron chi connectivity index (χ3n) is 4.10. The molecule has 2 atom stereocenters. The monoisotopic (exact) mass is 384 g/mol. The highest BCUT2D eigenvalue weighted by Crippen LogP contribution is 2.21. The van der Waals surface area contributed by atoms with Crippen LogP contribution in [0.5, 0.6) is 0 Å². The topological polar surface area (TPSA) is 113 Å². The van der Waals surface area contributed by atoms with Crippen LogP contribution in [0, 0.1) is 0 Å². The Hall–Kier alpha value is -1.97. The lowest BCUT2D eigenvalue weighted by Gasteiger charge is -2.34. The molecule has 8 nitrogen and oxygen atoms in total. The molecule has 1 fully saturated rings. The van der Waals surface area contributed by atoms with E-state index in [1.54, 1.807) is 0 Å². The van der Waals surface area contributed by atoms with Crippen LogP contribution in [0.15, 0.2) is 29.2 Å². The van der Waals surface area contributed by atoms with Crippen molar-refractivity contribution in [2.75, 3.05) is 13.1 Å². The van der Waals surface area contributed by atoms with Gasteiger partial charge in [-0.3, -0.25) is 4.79 Å². The van der Waals surface area contributed by atoms with Gasteiger partial charge >= 0.3 is 5.97 Å². The first-order valence-electron chi connectivity index (χ1n) is 8.25. The number of benzene rings is 1. The van der Waals surface area contributed by atoms with Crippen molar-refractivity contribution in [3.05, 3.63) is 29.8 Å². The van der Waals surface area contributed by atoms with Gasteiger partial charge in [0, 0.05) is 18.7 Å². The molecule has 0 spiro atoms. The minimum Gasteiger partial charge on any atom is -0.480 e. The SMILES string of the molecule is CC1CN(S(=O)(=O)c2ccc(C(=O)NC(C)(C)C(=O)O)cc2)CC(C)O1. The van der Waals surface area contributed by atoms with E-state index in [1.807, 2.05) is 13.8 Å². The number of carbonyl (C=O) groups is 2. The molecule has 0 aliphatic carbocycles. The number of ether oxygens (including phenoxy) is 1. The van der Waals surface area contributed by atoms with E-state index >= 15 is 0 Å². The van der Waals surface area contributed by atoms with Crippen LogP contribution in [0.2, 0.25) is 0 Å². The molecule has 2 rings (SSSR count). The zero-order chi connectivity index (χ0) is 19.7. The van der Waals surface area contributed by atoms with Gasteiger partial charge in [0.1, 0.15) is 5.54 Å². The van der Waals surface area contributed by atoms with E-state index in [4.69, 9.17) is 9.84 Å². The highest BCUT2D eigenvalue weighted by molar-refractivity contribution is 7.89. The van der Waals surface area contributed by atoms with Crippen molar-refractivity contribution >= 4 is 21.9 Å². The molecule has 2 N–H and O–H groups in total. The molecule has 0 bridgehead atoms. The molecule has 1 heterocycles. The van der Waals surface area contributed by atoms with E-state index in [0.29, 0.717) is 0 Å². The summed E-state index contributed by atoms with van der Waals surface area (Å²) in [4.78, 5) is 23.3. The van der Waals surface area contributed by atoms with E-state index in [-0.39, 0.29) is 35.8 Å². The Morgan fingerprint density at radius 1 is 1.15 bits per heavy atom. The predicted molar refractivity (Wildman–Crippen MR) is 94.4 cm³/mol. The van der Waals surface area contributed by atoms with E-state index in [1.165, 1.54) is 42.4 Å². The molecule has 1 saturated heterocycles. The Morgan fingerprint density at radius 3 is 2.12 bits per heavy atom. The number of nitrogens with one attached hydrogen (secondary N) is 1. The Labute approximate surface area is 153 Å². The number of aliphatic carboxylic acids is 1. The number of morpholine rings is 1. The quantitative estimate of drug-likeness (QED) is 0.785. The maximum atomic E-state index is 12.8. The number of hydrogen-bond donors (Lipinski definition) is 2. The number of rotatable bonds is 5. The first-order valence-corrected chi connectivity index (χ1v) is 9.69. The Balaban J connectivity index is 2.18. The van der Waals surface area contributed by atoms with Gasteiger partial charge in [-0.1, -0.05) is 0 Å². The zero-order valence-electron chi connectivity index (χ0n) is 15.2. The normalized spacial score (nSPS) is 22.0. The fraction of sp³-hybridized carbons (Fsp3) is 0.529. The fourth-order valence-corrected chi connectivity index (χ4v) is 4.25. The fourth-order valence-electron chi connectivity index (χ4n) is 2.66. The van der Waals surface area contributed by atoms with Crippen LogP contribution in [-0.4, -0.2) is 60.5 Å². The van der Waals surface area contributed by atoms with Gasteiger partial charge in [0.25, 0.3) is 5.91 Å². The third kappa shape index (κ3) is 4.40. The van der Waals surface area contributed by atoms with Crippen molar-refractivity contribution in [1.82, 2.24) is 9.62 Å². The smallest absolute Gasteiger partial charge is 0.328 e. The van der Waals surface area contributed by atoms with Crippen molar-refractivity contribution in [3.8, 4) is 0 Å². The highest BCUT2D eigenvalue weighted by atomic mass is 32.2. The maximum Gasteiger partial charge on any atom is 0.328 e. The van der Waals surface area contributed by atoms with E-state index in [2.05, 4.69) is 5.32 Å². The molecule has 2 unspecified atom stereocenters. The summed E-state index contributed by atoms with van der Waals surface area (Å²) in [5, 5.41) is 11.5. The Morgan fingerprint density at radius 2 is 1.65 bits per heavy atom. The predicted octanol–water partition coefficient (Wildman–Crippen LogP) is 1.08. The molecular formula is C17H24N2O6S. The number of hydrogen-bond acceptors (Lipinski definition) is 5. The van der Waals surface area contributed by atoms with Crippen LogP contribution in [0.25, 0.3) is 0 Å². The summed E-state index contributed by atoms with van der Waals surface area (Å²) in [6.07, 6.45) is -0.395. The average Bonchev–Trinajstić information content (AvgIpc) is 2.53. The molecular weight excluding hydrogens is 360 g/mol. The molecule has 1 aromatic carbocycles. The van der Waals surface area contributed by atoms with Gasteiger partial charge in [-0.2, -0.15) is 4.31 Å². The second kappa shape index (κ2) is 7.34. The minimum atomic E-state index is -3.69. The standard InChI is InChI=1S/C17H24N2O6S/c1-11-9-19(10-12(2)25-11)26(23,24)14-7-5-13(6-8-14)15(20)18-17(3,4)16(21)22/h5-8,11-12H,9-10H2,1-4H3,(H,18,20)(H,21,22). The zero-order valence-corrected chi connectivity index (χ0v) is 16.0.